The second-order valence-electron chi connectivity index (χ2n) is 9.33. The number of urea groups is 1. The lowest BCUT2D eigenvalue weighted by Crippen LogP contribution is -2.48. The Bertz CT molecular complexity index is 1250. The lowest BCUT2D eigenvalue weighted by molar-refractivity contribution is 0.240. The Kier molecular flexibility index (Phi) is 7.26. The highest BCUT2D eigenvalue weighted by molar-refractivity contribution is 5.93. The van der Waals surface area contributed by atoms with E-state index in [9.17, 15) is 4.79 Å². The van der Waals surface area contributed by atoms with Crippen LogP contribution in [0.1, 0.15) is 31.2 Å². The van der Waals surface area contributed by atoms with E-state index in [4.69, 9.17) is 0 Å². The minimum atomic E-state index is -0.0610. The molecule has 0 aliphatic heterocycles. The van der Waals surface area contributed by atoms with E-state index in [0.717, 1.165) is 53.9 Å². The molecule has 2 heterocycles. The van der Waals surface area contributed by atoms with E-state index >= 15 is 0 Å². The number of nitrogens with one attached hydrogen (secondary N) is 2. The molecule has 0 saturated heterocycles. The van der Waals surface area contributed by atoms with Gasteiger partial charge in [-0.1, -0.05) is 48.5 Å². The molecular weight excluding hydrogens is 448 g/mol. The molecule has 7 nitrogen and oxygen atoms in total. The summed E-state index contributed by atoms with van der Waals surface area (Å²) in [6.07, 6.45) is 9.47. The summed E-state index contributed by atoms with van der Waals surface area (Å²) < 4.78 is 1.80. The van der Waals surface area contributed by atoms with Gasteiger partial charge in [-0.25, -0.2) is 9.78 Å². The van der Waals surface area contributed by atoms with E-state index < -0.39 is 0 Å². The summed E-state index contributed by atoms with van der Waals surface area (Å²) in [6, 6.07) is 24.6. The molecule has 0 unspecified atom stereocenters. The summed E-state index contributed by atoms with van der Waals surface area (Å²) in [7, 11) is 1.91. The van der Waals surface area contributed by atoms with E-state index in [2.05, 4.69) is 32.8 Å². The molecule has 36 heavy (non-hydrogen) atoms. The summed E-state index contributed by atoms with van der Waals surface area (Å²) >= 11 is 0. The summed E-state index contributed by atoms with van der Waals surface area (Å²) in [4.78, 5) is 19.9. The number of anilines is 2. The van der Waals surface area contributed by atoms with Gasteiger partial charge in [0.25, 0.3) is 0 Å². The van der Waals surface area contributed by atoms with E-state index in [1.54, 1.807) is 4.68 Å². The standard InChI is InChI=1S/C29H32N6O/c1-34-21-24(20-32-34)23-10-14-26(15-11-23)35(29(36)31-19-22-7-3-2-4-8-22)27-16-12-25(13-17-27)33-28-9-5-6-18-30-28/h2-11,14-15,18,20-21,25,27H,12-13,16-17,19H2,1H3,(H,30,33)(H,31,36)/t25-,27-. The number of hydrogen-bond acceptors (Lipinski definition) is 4. The molecule has 7 heteroatoms. The number of nitrogens with zero attached hydrogens (tertiary/aromatic N) is 4. The molecule has 5 rings (SSSR count). The second kappa shape index (κ2) is 11.1. The first-order chi connectivity index (χ1) is 17.7. The first-order valence-corrected chi connectivity index (χ1v) is 12.5. The molecule has 1 saturated carbocycles. The highest BCUT2D eigenvalue weighted by Crippen LogP contribution is 2.31. The van der Waals surface area contributed by atoms with Crippen LogP contribution in [0.2, 0.25) is 0 Å². The van der Waals surface area contributed by atoms with Gasteiger partial charge in [0.1, 0.15) is 5.82 Å². The van der Waals surface area contributed by atoms with Crippen molar-refractivity contribution in [2.24, 2.45) is 7.05 Å². The normalized spacial score (nSPS) is 17.4. The van der Waals surface area contributed by atoms with Crippen LogP contribution >= 0.6 is 0 Å². The van der Waals surface area contributed by atoms with E-state index in [1.165, 1.54) is 0 Å². The molecule has 184 valence electrons. The van der Waals surface area contributed by atoms with Crippen LogP contribution in [0, 0.1) is 0 Å². The Morgan fingerprint density at radius 1 is 0.944 bits per heavy atom. The van der Waals surface area contributed by atoms with Crippen molar-refractivity contribution >= 4 is 17.5 Å². The summed E-state index contributed by atoms with van der Waals surface area (Å²) in [5, 5.41) is 11.0. The van der Waals surface area contributed by atoms with Gasteiger partial charge in [-0.3, -0.25) is 9.58 Å². The molecule has 2 aromatic carbocycles. The Labute approximate surface area is 212 Å². The van der Waals surface area contributed by atoms with Crippen LogP contribution in [0.3, 0.4) is 0 Å². The summed E-state index contributed by atoms with van der Waals surface area (Å²) in [6.45, 7) is 0.501. The van der Waals surface area contributed by atoms with Gasteiger partial charge in [-0.15, -0.1) is 0 Å². The highest BCUT2D eigenvalue weighted by Gasteiger charge is 2.30. The zero-order chi connectivity index (χ0) is 24.7. The van der Waals surface area contributed by atoms with E-state index in [1.807, 2.05) is 91.2 Å². The van der Waals surface area contributed by atoms with Gasteiger partial charge in [0.05, 0.1) is 6.20 Å². The number of carbonyl (C=O) groups excluding carboxylic acids is 1. The number of amides is 2. The van der Waals surface area contributed by atoms with Crippen LogP contribution in [0.4, 0.5) is 16.3 Å². The first-order valence-electron chi connectivity index (χ1n) is 12.5. The summed E-state index contributed by atoms with van der Waals surface area (Å²) in [5.41, 5.74) is 4.14. The molecule has 0 bridgehead atoms. The molecule has 1 aliphatic carbocycles. The molecule has 0 spiro atoms. The zero-order valence-electron chi connectivity index (χ0n) is 20.5. The number of aryl methyl sites for hydroxylation is 1. The highest BCUT2D eigenvalue weighted by atomic mass is 16.2. The van der Waals surface area contributed by atoms with Crippen LogP contribution in [0.5, 0.6) is 0 Å². The predicted octanol–water partition coefficient (Wildman–Crippen LogP) is 5.62. The summed E-state index contributed by atoms with van der Waals surface area (Å²) in [5.74, 6) is 0.907. The zero-order valence-corrected chi connectivity index (χ0v) is 20.5. The third-order valence-electron chi connectivity index (χ3n) is 6.77. The molecular formula is C29H32N6O. The molecule has 2 aromatic heterocycles. The number of aromatic nitrogens is 3. The first kappa shape index (κ1) is 23.6. The van der Waals surface area contributed by atoms with Crippen molar-refractivity contribution in [3.63, 3.8) is 0 Å². The number of carbonyl (C=O) groups is 1. The van der Waals surface area contributed by atoms with Crippen molar-refractivity contribution < 1.29 is 4.79 Å². The third-order valence-corrected chi connectivity index (χ3v) is 6.77. The number of hydrogen-bond donors (Lipinski definition) is 2. The third kappa shape index (κ3) is 5.74. The fourth-order valence-electron chi connectivity index (χ4n) is 4.87. The lowest BCUT2D eigenvalue weighted by Gasteiger charge is -2.37. The number of benzene rings is 2. The average Bonchev–Trinajstić information content (AvgIpc) is 3.36. The Morgan fingerprint density at radius 2 is 1.69 bits per heavy atom. The monoisotopic (exact) mass is 480 g/mol. The van der Waals surface area contributed by atoms with Gasteiger partial charge in [0.2, 0.25) is 0 Å². The van der Waals surface area contributed by atoms with Crippen molar-refractivity contribution in [2.75, 3.05) is 10.2 Å². The van der Waals surface area contributed by atoms with Crippen LogP contribution in [-0.2, 0) is 13.6 Å². The Morgan fingerprint density at radius 3 is 2.36 bits per heavy atom. The maximum atomic E-state index is 13.5. The van der Waals surface area contributed by atoms with Crippen LogP contribution in [-0.4, -0.2) is 32.9 Å². The predicted molar refractivity (Wildman–Crippen MR) is 144 cm³/mol. The Balaban J connectivity index is 1.31. The topological polar surface area (TPSA) is 75.1 Å². The molecule has 1 fully saturated rings. The fourth-order valence-corrected chi connectivity index (χ4v) is 4.87. The molecule has 0 atom stereocenters. The van der Waals surface area contributed by atoms with Gasteiger partial charge in [0.15, 0.2) is 0 Å². The van der Waals surface area contributed by atoms with E-state index in [0.29, 0.717) is 12.6 Å². The van der Waals surface area contributed by atoms with E-state index in [-0.39, 0.29) is 12.1 Å². The van der Waals surface area contributed by atoms with Gasteiger partial charge in [-0.05, 0) is 61.1 Å². The molecule has 1 aliphatic rings. The number of pyridine rings is 1. The molecule has 2 amide bonds. The van der Waals surface area contributed by atoms with Gasteiger partial charge in [0, 0.05) is 49.3 Å². The van der Waals surface area contributed by atoms with Crippen molar-refractivity contribution in [2.45, 2.75) is 44.3 Å². The van der Waals surface area contributed by atoms with Crippen molar-refractivity contribution in [1.29, 1.82) is 0 Å². The minimum Gasteiger partial charge on any atom is -0.367 e. The quantitative estimate of drug-likeness (QED) is 0.360. The van der Waals surface area contributed by atoms with Gasteiger partial charge < -0.3 is 10.6 Å². The van der Waals surface area contributed by atoms with Gasteiger partial charge >= 0.3 is 6.03 Å². The Hall–Kier alpha value is -4.13. The molecule has 0 radical (unpaired) electrons. The van der Waals surface area contributed by atoms with Crippen LogP contribution < -0.4 is 15.5 Å². The second-order valence-corrected chi connectivity index (χ2v) is 9.33. The lowest BCUT2D eigenvalue weighted by atomic mass is 9.89. The van der Waals surface area contributed by atoms with Crippen molar-refractivity contribution in [3.8, 4) is 11.1 Å². The van der Waals surface area contributed by atoms with Gasteiger partial charge in [-0.2, -0.15) is 5.10 Å². The van der Waals surface area contributed by atoms with Crippen molar-refractivity contribution in [3.05, 3.63) is 97.0 Å². The largest absolute Gasteiger partial charge is 0.367 e. The molecule has 4 aromatic rings. The maximum absolute atomic E-state index is 13.5. The maximum Gasteiger partial charge on any atom is 0.322 e. The SMILES string of the molecule is Cn1cc(-c2ccc(N(C(=O)NCc3ccccc3)[C@H]3CC[C@H](Nc4ccccn4)CC3)cc2)cn1. The minimum absolute atomic E-state index is 0.0610. The van der Waals surface area contributed by atoms with Crippen LogP contribution in [0.15, 0.2) is 91.4 Å². The average molecular weight is 481 g/mol. The number of rotatable bonds is 7. The fraction of sp³-hybridized carbons (Fsp3) is 0.276. The van der Waals surface area contributed by atoms with Crippen LogP contribution in [0.25, 0.3) is 11.1 Å². The smallest absolute Gasteiger partial charge is 0.322 e. The molecule has 2 N–H and O–H groups in total. The van der Waals surface area contributed by atoms with Crippen molar-refractivity contribution in [1.82, 2.24) is 20.1 Å².